The summed E-state index contributed by atoms with van der Waals surface area (Å²) < 4.78 is 12.0. The number of aromatic nitrogens is 1. The molecule has 1 aromatic heterocycles. The molecule has 2 fully saturated rings. The first-order valence-electron chi connectivity index (χ1n) is 11.2. The van der Waals surface area contributed by atoms with Crippen LogP contribution in [0.4, 0.5) is 0 Å². The Balaban J connectivity index is 1.60. The minimum atomic E-state index is -4.35. The van der Waals surface area contributed by atoms with Gasteiger partial charge < -0.3 is 19.6 Å². The van der Waals surface area contributed by atoms with Crippen molar-refractivity contribution >= 4 is 18.8 Å². The first-order valence-corrected chi connectivity index (χ1v) is 12.8. The van der Waals surface area contributed by atoms with Gasteiger partial charge in [-0.1, -0.05) is 27.7 Å². The molecule has 2 saturated heterocycles. The Labute approximate surface area is 180 Å². The number of rotatable bonds is 5. The standard InChI is InChI=1S/C22H36N3O4P/c1-15(2)21-20(30(27,28)29)13-18(14-23-21)17-5-9-24(10-6-17)19-7-11-25(12-8-19)22(26)16(3)4/h13-17,19H,5-12H2,1-4H3,(H2,27,28,29). The third kappa shape index (κ3) is 5.31. The van der Waals surface area contributed by atoms with Gasteiger partial charge in [-0.15, -0.1) is 0 Å². The van der Waals surface area contributed by atoms with Crippen molar-refractivity contribution in [1.82, 2.24) is 14.8 Å². The molecule has 3 rings (SSSR count). The van der Waals surface area contributed by atoms with Crippen LogP contribution in [0.2, 0.25) is 0 Å². The topological polar surface area (TPSA) is 94.0 Å². The average Bonchev–Trinajstić information content (AvgIpc) is 2.72. The van der Waals surface area contributed by atoms with Crippen molar-refractivity contribution in [2.24, 2.45) is 5.92 Å². The molecule has 2 N–H and O–H groups in total. The van der Waals surface area contributed by atoms with Gasteiger partial charge in [0.05, 0.1) is 11.0 Å². The molecule has 1 aromatic rings. The zero-order valence-corrected chi connectivity index (χ0v) is 19.5. The molecular formula is C22H36N3O4P. The first-order chi connectivity index (χ1) is 14.1. The van der Waals surface area contributed by atoms with Crippen LogP contribution in [-0.4, -0.2) is 62.7 Å². The third-order valence-electron chi connectivity index (χ3n) is 6.57. The van der Waals surface area contributed by atoms with Crippen LogP contribution in [0.15, 0.2) is 12.3 Å². The van der Waals surface area contributed by atoms with E-state index in [4.69, 9.17) is 0 Å². The molecular weight excluding hydrogens is 401 g/mol. The molecule has 0 spiro atoms. The number of carbonyl (C=O) groups is 1. The number of carbonyl (C=O) groups excluding carboxylic acids is 1. The summed E-state index contributed by atoms with van der Waals surface area (Å²) in [6, 6.07) is 2.22. The molecule has 3 heterocycles. The average molecular weight is 438 g/mol. The molecule has 1 amide bonds. The van der Waals surface area contributed by atoms with Gasteiger partial charge in [0.15, 0.2) is 0 Å². The highest BCUT2D eigenvalue weighted by Crippen LogP contribution is 2.38. The van der Waals surface area contributed by atoms with Crippen molar-refractivity contribution in [2.75, 3.05) is 26.2 Å². The van der Waals surface area contributed by atoms with Crippen molar-refractivity contribution in [1.29, 1.82) is 0 Å². The van der Waals surface area contributed by atoms with Gasteiger partial charge in [-0.25, -0.2) is 0 Å². The lowest BCUT2D eigenvalue weighted by Crippen LogP contribution is -2.49. The Morgan fingerprint density at radius 1 is 1.07 bits per heavy atom. The molecule has 7 nitrogen and oxygen atoms in total. The van der Waals surface area contributed by atoms with Crippen molar-refractivity contribution in [2.45, 2.75) is 71.3 Å². The van der Waals surface area contributed by atoms with E-state index < -0.39 is 7.60 Å². The summed E-state index contributed by atoms with van der Waals surface area (Å²) in [5, 5.41) is 0.0830. The number of piperidine rings is 2. The molecule has 0 atom stereocenters. The predicted molar refractivity (Wildman–Crippen MR) is 118 cm³/mol. The number of nitrogens with zero attached hydrogens (tertiary/aromatic N) is 3. The molecule has 0 saturated carbocycles. The van der Waals surface area contributed by atoms with Gasteiger partial charge in [0, 0.05) is 31.2 Å². The Morgan fingerprint density at radius 2 is 1.67 bits per heavy atom. The molecule has 0 aromatic carbocycles. The predicted octanol–water partition coefficient (Wildman–Crippen LogP) is 2.83. The highest BCUT2D eigenvalue weighted by Gasteiger charge is 2.32. The molecule has 2 aliphatic heterocycles. The van der Waals surface area contributed by atoms with Crippen LogP contribution in [-0.2, 0) is 9.36 Å². The second kappa shape index (κ2) is 9.47. The van der Waals surface area contributed by atoms with E-state index >= 15 is 0 Å². The second-order valence-electron chi connectivity index (χ2n) is 9.39. The van der Waals surface area contributed by atoms with Crippen LogP contribution in [0.1, 0.15) is 76.5 Å². The van der Waals surface area contributed by atoms with E-state index in [1.807, 2.05) is 38.8 Å². The van der Waals surface area contributed by atoms with Gasteiger partial charge in [-0.3, -0.25) is 14.3 Å². The van der Waals surface area contributed by atoms with Crippen LogP contribution in [0.25, 0.3) is 0 Å². The molecule has 168 valence electrons. The summed E-state index contributed by atoms with van der Waals surface area (Å²) in [6.07, 6.45) is 5.79. The quantitative estimate of drug-likeness (QED) is 0.688. The lowest BCUT2D eigenvalue weighted by Gasteiger charge is -2.42. The summed E-state index contributed by atoms with van der Waals surface area (Å²) in [6.45, 7) is 11.4. The summed E-state index contributed by atoms with van der Waals surface area (Å²) in [4.78, 5) is 40.7. The lowest BCUT2D eigenvalue weighted by molar-refractivity contribution is -0.136. The summed E-state index contributed by atoms with van der Waals surface area (Å²) >= 11 is 0. The van der Waals surface area contributed by atoms with E-state index in [9.17, 15) is 19.1 Å². The van der Waals surface area contributed by atoms with E-state index in [0.29, 0.717) is 11.7 Å². The molecule has 0 aliphatic carbocycles. The number of pyridine rings is 1. The molecule has 0 unspecified atom stereocenters. The Kier molecular flexibility index (Phi) is 7.39. The van der Waals surface area contributed by atoms with E-state index in [-0.39, 0.29) is 29.0 Å². The molecule has 0 radical (unpaired) electrons. The fourth-order valence-electron chi connectivity index (χ4n) is 4.80. The van der Waals surface area contributed by atoms with Crippen molar-refractivity contribution in [3.05, 3.63) is 23.5 Å². The Morgan fingerprint density at radius 3 is 2.17 bits per heavy atom. The fourth-order valence-corrected chi connectivity index (χ4v) is 5.73. The maximum atomic E-state index is 12.2. The van der Waals surface area contributed by atoms with Gasteiger partial charge in [-0.2, -0.15) is 0 Å². The number of hydrogen-bond donors (Lipinski definition) is 2. The fraction of sp³-hybridized carbons (Fsp3) is 0.727. The van der Waals surface area contributed by atoms with Crippen molar-refractivity contribution in [3.8, 4) is 0 Å². The monoisotopic (exact) mass is 437 g/mol. The normalized spacial score (nSPS) is 20.3. The van der Waals surface area contributed by atoms with Gasteiger partial charge >= 0.3 is 7.60 Å². The third-order valence-corrected chi connectivity index (χ3v) is 7.55. The highest BCUT2D eigenvalue weighted by molar-refractivity contribution is 7.60. The van der Waals surface area contributed by atoms with Gasteiger partial charge in [0.25, 0.3) is 0 Å². The van der Waals surface area contributed by atoms with Crippen LogP contribution in [0.5, 0.6) is 0 Å². The SMILES string of the molecule is CC(C)C(=O)N1CCC(N2CCC(c3cnc(C(C)C)c(P(=O)(O)O)c3)CC2)CC1. The summed E-state index contributed by atoms with van der Waals surface area (Å²) in [7, 11) is -4.35. The first kappa shape index (κ1) is 23.4. The largest absolute Gasteiger partial charge is 0.358 e. The lowest BCUT2D eigenvalue weighted by atomic mass is 9.88. The maximum absolute atomic E-state index is 12.2. The smallest absolute Gasteiger partial charge is 0.342 e. The van der Waals surface area contributed by atoms with Crippen LogP contribution in [0, 0.1) is 5.92 Å². The summed E-state index contributed by atoms with van der Waals surface area (Å²) in [5.41, 5.74) is 1.43. The van der Waals surface area contributed by atoms with Gasteiger partial charge in [0.2, 0.25) is 5.91 Å². The molecule has 2 aliphatic rings. The van der Waals surface area contributed by atoms with E-state index in [2.05, 4.69) is 9.88 Å². The molecule has 8 heteroatoms. The van der Waals surface area contributed by atoms with E-state index in [0.717, 1.165) is 57.4 Å². The van der Waals surface area contributed by atoms with E-state index in [1.54, 1.807) is 6.07 Å². The van der Waals surface area contributed by atoms with Crippen molar-refractivity contribution in [3.63, 3.8) is 0 Å². The van der Waals surface area contributed by atoms with Gasteiger partial charge in [0.1, 0.15) is 0 Å². The van der Waals surface area contributed by atoms with Crippen LogP contribution >= 0.6 is 7.60 Å². The molecule has 0 bridgehead atoms. The van der Waals surface area contributed by atoms with Crippen LogP contribution < -0.4 is 5.30 Å². The number of likely N-dealkylation sites (tertiary alicyclic amines) is 2. The minimum Gasteiger partial charge on any atom is -0.342 e. The molecule has 30 heavy (non-hydrogen) atoms. The second-order valence-corrected chi connectivity index (χ2v) is 11.0. The summed E-state index contributed by atoms with van der Waals surface area (Å²) in [5.74, 6) is 0.566. The zero-order chi connectivity index (χ0) is 22.1. The van der Waals surface area contributed by atoms with E-state index in [1.165, 1.54) is 0 Å². The Hall–Kier alpha value is -1.27. The van der Waals surface area contributed by atoms with Gasteiger partial charge in [-0.05, 0) is 62.2 Å². The zero-order valence-electron chi connectivity index (χ0n) is 18.6. The number of hydrogen-bond acceptors (Lipinski definition) is 4. The maximum Gasteiger partial charge on any atom is 0.358 e. The minimum absolute atomic E-state index is 0.0306. The Bertz CT molecular complexity index is 792. The highest BCUT2D eigenvalue weighted by atomic mass is 31.2. The van der Waals surface area contributed by atoms with Crippen molar-refractivity contribution < 1.29 is 19.1 Å². The van der Waals surface area contributed by atoms with Crippen LogP contribution in [0.3, 0.4) is 0 Å². The number of amides is 1.